The summed E-state index contributed by atoms with van der Waals surface area (Å²) in [6.45, 7) is 5.03. The molecule has 1 atom stereocenters. The third kappa shape index (κ3) is 3.04. The normalized spacial score (nSPS) is 20.5. The maximum atomic E-state index is 5.68. The fourth-order valence-corrected chi connectivity index (χ4v) is 2.83. The molecule has 90 valence electrons. The van der Waals surface area contributed by atoms with Crippen molar-refractivity contribution < 1.29 is 9.47 Å². The van der Waals surface area contributed by atoms with E-state index in [9.17, 15) is 0 Å². The van der Waals surface area contributed by atoms with E-state index in [1.165, 1.54) is 21.7 Å². The third-order valence-electron chi connectivity index (χ3n) is 2.86. The minimum atomic E-state index is 0.313. The first kappa shape index (κ1) is 12.0. The molecule has 0 radical (unpaired) electrons. The lowest BCUT2D eigenvalue weighted by Gasteiger charge is -2.09. The molecule has 0 aliphatic carbocycles. The first-order chi connectivity index (χ1) is 7.79. The summed E-state index contributed by atoms with van der Waals surface area (Å²) < 4.78 is 11.2. The minimum absolute atomic E-state index is 0.313. The smallest absolute Gasteiger partial charge is 0.0809 e. The molecule has 1 aromatic heterocycles. The van der Waals surface area contributed by atoms with Gasteiger partial charge in [0, 0.05) is 22.9 Å². The van der Waals surface area contributed by atoms with Crippen LogP contribution in [0.1, 0.15) is 28.2 Å². The van der Waals surface area contributed by atoms with Gasteiger partial charge in [-0.15, -0.1) is 11.3 Å². The van der Waals surface area contributed by atoms with E-state index in [1.54, 1.807) is 11.3 Å². The van der Waals surface area contributed by atoms with E-state index in [4.69, 9.17) is 15.2 Å². The molecular formula is C12H19NO2S. The zero-order valence-corrected chi connectivity index (χ0v) is 10.5. The van der Waals surface area contributed by atoms with Crippen LogP contribution in [0, 0.1) is 6.92 Å². The van der Waals surface area contributed by atoms with Crippen molar-refractivity contribution in [2.45, 2.75) is 39.0 Å². The minimum Gasteiger partial charge on any atom is -0.376 e. The molecule has 1 unspecified atom stereocenters. The van der Waals surface area contributed by atoms with Gasteiger partial charge < -0.3 is 15.2 Å². The molecule has 16 heavy (non-hydrogen) atoms. The molecule has 1 saturated heterocycles. The Morgan fingerprint density at radius 3 is 3.12 bits per heavy atom. The average Bonchev–Trinajstić information content (AvgIpc) is 2.89. The largest absolute Gasteiger partial charge is 0.376 e. The van der Waals surface area contributed by atoms with E-state index in [0.29, 0.717) is 25.9 Å². The highest BCUT2D eigenvalue weighted by Gasteiger charge is 2.15. The van der Waals surface area contributed by atoms with Gasteiger partial charge in [0.25, 0.3) is 0 Å². The van der Waals surface area contributed by atoms with Crippen LogP contribution in [0.4, 0.5) is 0 Å². The zero-order valence-electron chi connectivity index (χ0n) is 9.70. The van der Waals surface area contributed by atoms with Crippen LogP contribution in [0.15, 0.2) is 6.07 Å². The SMILES string of the molecule is Cc1sc(CN)cc1COCC1CCCO1. The molecule has 1 aliphatic heterocycles. The van der Waals surface area contributed by atoms with Gasteiger partial charge in [-0.05, 0) is 31.4 Å². The van der Waals surface area contributed by atoms with Crippen molar-refractivity contribution in [2.75, 3.05) is 13.2 Å². The molecule has 0 amide bonds. The summed E-state index contributed by atoms with van der Waals surface area (Å²) in [6.07, 6.45) is 2.62. The van der Waals surface area contributed by atoms with Gasteiger partial charge >= 0.3 is 0 Å². The van der Waals surface area contributed by atoms with E-state index in [1.807, 2.05) is 0 Å². The Balaban J connectivity index is 1.77. The zero-order chi connectivity index (χ0) is 11.4. The number of aryl methyl sites for hydroxylation is 1. The van der Waals surface area contributed by atoms with Crippen molar-refractivity contribution in [3.63, 3.8) is 0 Å². The van der Waals surface area contributed by atoms with Crippen molar-refractivity contribution in [1.82, 2.24) is 0 Å². The van der Waals surface area contributed by atoms with Gasteiger partial charge in [-0.25, -0.2) is 0 Å². The molecule has 4 heteroatoms. The van der Waals surface area contributed by atoms with Gasteiger partial charge in [-0.3, -0.25) is 0 Å². The van der Waals surface area contributed by atoms with Crippen LogP contribution < -0.4 is 5.73 Å². The molecule has 1 fully saturated rings. The summed E-state index contributed by atoms with van der Waals surface area (Å²) in [7, 11) is 0. The fraction of sp³-hybridized carbons (Fsp3) is 0.667. The van der Waals surface area contributed by atoms with Crippen molar-refractivity contribution >= 4 is 11.3 Å². The van der Waals surface area contributed by atoms with Gasteiger partial charge in [-0.1, -0.05) is 0 Å². The van der Waals surface area contributed by atoms with Crippen LogP contribution in [-0.4, -0.2) is 19.3 Å². The second-order valence-corrected chi connectivity index (χ2v) is 5.49. The summed E-state index contributed by atoms with van der Waals surface area (Å²) in [6, 6.07) is 2.15. The van der Waals surface area contributed by atoms with E-state index >= 15 is 0 Å². The van der Waals surface area contributed by atoms with E-state index in [2.05, 4.69) is 13.0 Å². The standard InChI is InChI=1S/C12H19NO2S/c1-9-10(5-12(6-13)16-9)7-14-8-11-3-2-4-15-11/h5,11H,2-4,6-8,13H2,1H3. The second kappa shape index (κ2) is 5.77. The Morgan fingerprint density at radius 2 is 2.50 bits per heavy atom. The number of rotatable bonds is 5. The van der Waals surface area contributed by atoms with Crippen molar-refractivity contribution in [3.05, 3.63) is 21.4 Å². The first-order valence-corrected chi connectivity index (χ1v) is 6.59. The van der Waals surface area contributed by atoms with Crippen LogP contribution in [0.2, 0.25) is 0 Å². The van der Waals surface area contributed by atoms with Gasteiger partial charge in [0.15, 0.2) is 0 Å². The van der Waals surface area contributed by atoms with Gasteiger partial charge in [-0.2, -0.15) is 0 Å². The summed E-state index contributed by atoms with van der Waals surface area (Å²) in [5, 5.41) is 0. The van der Waals surface area contributed by atoms with E-state index in [0.717, 1.165) is 13.0 Å². The molecule has 0 saturated carbocycles. The Kier molecular flexibility index (Phi) is 4.35. The van der Waals surface area contributed by atoms with Crippen LogP contribution >= 0.6 is 11.3 Å². The van der Waals surface area contributed by atoms with Crippen molar-refractivity contribution in [2.24, 2.45) is 5.73 Å². The Hall–Kier alpha value is -0.420. The van der Waals surface area contributed by atoms with Crippen LogP contribution in [0.25, 0.3) is 0 Å². The molecule has 2 rings (SSSR count). The van der Waals surface area contributed by atoms with E-state index < -0.39 is 0 Å². The van der Waals surface area contributed by atoms with Crippen LogP contribution in [0.3, 0.4) is 0 Å². The molecule has 0 spiro atoms. The highest BCUT2D eigenvalue weighted by Crippen LogP contribution is 2.22. The lowest BCUT2D eigenvalue weighted by Crippen LogP contribution is -2.13. The molecule has 0 aromatic carbocycles. The topological polar surface area (TPSA) is 44.5 Å². The number of nitrogens with two attached hydrogens (primary N) is 1. The monoisotopic (exact) mass is 241 g/mol. The number of thiophene rings is 1. The van der Waals surface area contributed by atoms with Gasteiger partial charge in [0.2, 0.25) is 0 Å². The molecule has 0 bridgehead atoms. The first-order valence-electron chi connectivity index (χ1n) is 5.77. The maximum absolute atomic E-state index is 5.68. The molecular weight excluding hydrogens is 222 g/mol. The summed E-state index contributed by atoms with van der Waals surface area (Å²) in [5.41, 5.74) is 6.88. The van der Waals surface area contributed by atoms with Crippen LogP contribution in [0.5, 0.6) is 0 Å². The molecule has 1 aromatic rings. The summed E-state index contributed by atoms with van der Waals surface area (Å²) >= 11 is 1.76. The predicted molar refractivity (Wildman–Crippen MR) is 65.6 cm³/mol. The highest BCUT2D eigenvalue weighted by atomic mass is 32.1. The predicted octanol–water partition coefficient (Wildman–Crippen LogP) is 2.21. The second-order valence-electron chi connectivity index (χ2n) is 4.15. The molecule has 1 aliphatic rings. The van der Waals surface area contributed by atoms with Gasteiger partial charge in [0.1, 0.15) is 0 Å². The summed E-state index contributed by atoms with van der Waals surface area (Å²) in [4.78, 5) is 2.54. The Morgan fingerprint density at radius 1 is 1.62 bits per heavy atom. The quantitative estimate of drug-likeness (QED) is 0.859. The Labute approximate surface area is 101 Å². The van der Waals surface area contributed by atoms with Gasteiger partial charge in [0.05, 0.1) is 19.3 Å². The molecule has 3 nitrogen and oxygen atoms in total. The third-order valence-corrected chi connectivity index (χ3v) is 3.97. The Bertz CT molecular complexity index is 332. The highest BCUT2D eigenvalue weighted by molar-refractivity contribution is 7.12. The summed E-state index contributed by atoms with van der Waals surface area (Å²) in [5.74, 6) is 0. The van der Waals surface area contributed by atoms with Crippen LogP contribution in [-0.2, 0) is 22.6 Å². The maximum Gasteiger partial charge on any atom is 0.0809 e. The lowest BCUT2D eigenvalue weighted by molar-refractivity contribution is 0.0105. The van der Waals surface area contributed by atoms with Crippen molar-refractivity contribution in [3.8, 4) is 0 Å². The number of hydrogen-bond donors (Lipinski definition) is 1. The van der Waals surface area contributed by atoms with Crippen molar-refractivity contribution in [1.29, 1.82) is 0 Å². The fourth-order valence-electron chi connectivity index (χ4n) is 1.91. The number of ether oxygens (including phenoxy) is 2. The van der Waals surface area contributed by atoms with E-state index in [-0.39, 0.29) is 0 Å². The lowest BCUT2D eigenvalue weighted by atomic mass is 10.2. The molecule has 2 N–H and O–H groups in total. The molecule has 2 heterocycles. The number of hydrogen-bond acceptors (Lipinski definition) is 4. The average molecular weight is 241 g/mol.